The quantitative estimate of drug-likeness (QED) is 0.702. The summed E-state index contributed by atoms with van der Waals surface area (Å²) in [6.45, 7) is 10.1. The fourth-order valence-electron chi connectivity index (χ4n) is 2.09. The molecule has 17 heavy (non-hydrogen) atoms. The first-order valence-corrected chi connectivity index (χ1v) is 7.81. The molecule has 1 aromatic heterocycles. The Balaban J connectivity index is 2.52. The monoisotopic (exact) mass is 253 g/mol. The number of aryl methyl sites for hydroxylation is 1. The van der Waals surface area contributed by atoms with Gasteiger partial charge in [0.25, 0.3) is 0 Å². The lowest BCUT2D eigenvalue weighted by molar-refractivity contribution is 0.459. The number of hydrogen-bond acceptors (Lipinski definition) is 2. The van der Waals surface area contributed by atoms with Crippen LogP contribution in [0.25, 0.3) is 0 Å². The third kappa shape index (κ3) is 5.22. The van der Waals surface area contributed by atoms with Gasteiger partial charge in [-0.25, -0.2) is 0 Å². The Morgan fingerprint density at radius 2 is 1.94 bits per heavy atom. The van der Waals surface area contributed by atoms with Gasteiger partial charge in [0.1, 0.15) is 0 Å². The number of rotatable bonds is 8. The van der Waals surface area contributed by atoms with Crippen LogP contribution < -0.4 is 5.32 Å². The van der Waals surface area contributed by atoms with Crippen molar-refractivity contribution < 1.29 is 0 Å². The molecule has 0 aliphatic carbocycles. The van der Waals surface area contributed by atoms with Crippen molar-refractivity contribution in [1.82, 2.24) is 5.32 Å². The van der Waals surface area contributed by atoms with E-state index < -0.39 is 0 Å². The third-order valence-corrected chi connectivity index (χ3v) is 4.44. The van der Waals surface area contributed by atoms with Crippen LogP contribution in [0.5, 0.6) is 0 Å². The van der Waals surface area contributed by atoms with Crippen molar-refractivity contribution in [2.24, 2.45) is 5.92 Å². The van der Waals surface area contributed by atoms with E-state index in [0.29, 0.717) is 6.04 Å². The Bertz CT molecular complexity index is 304. The van der Waals surface area contributed by atoms with E-state index in [9.17, 15) is 0 Å². The second-order valence-corrected chi connectivity index (χ2v) is 6.29. The van der Waals surface area contributed by atoms with Crippen LogP contribution in [0.15, 0.2) is 12.1 Å². The highest BCUT2D eigenvalue weighted by molar-refractivity contribution is 7.12. The van der Waals surface area contributed by atoms with Crippen LogP contribution in [0.4, 0.5) is 0 Å². The van der Waals surface area contributed by atoms with Crippen molar-refractivity contribution in [2.45, 2.75) is 59.4 Å². The fraction of sp³-hybridized carbons (Fsp3) is 0.733. The van der Waals surface area contributed by atoms with E-state index in [1.807, 2.05) is 11.3 Å². The molecule has 1 N–H and O–H groups in total. The molecule has 0 radical (unpaired) electrons. The SMILES string of the molecule is CCNC(CCCC(C)C)c1ccc(CC)s1. The molecule has 0 bridgehead atoms. The normalized spacial score (nSPS) is 13.2. The summed E-state index contributed by atoms with van der Waals surface area (Å²) in [6.07, 6.45) is 5.10. The van der Waals surface area contributed by atoms with Crippen molar-refractivity contribution in [2.75, 3.05) is 6.54 Å². The van der Waals surface area contributed by atoms with Gasteiger partial charge in [-0.1, -0.05) is 40.5 Å². The van der Waals surface area contributed by atoms with Crippen LogP contribution in [-0.2, 0) is 6.42 Å². The molecule has 1 atom stereocenters. The summed E-state index contributed by atoms with van der Waals surface area (Å²) in [7, 11) is 0. The first-order valence-electron chi connectivity index (χ1n) is 6.99. The van der Waals surface area contributed by atoms with Crippen LogP contribution in [0.1, 0.15) is 62.8 Å². The van der Waals surface area contributed by atoms with Crippen molar-refractivity contribution in [1.29, 1.82) is 0 Å². The van der Waals surface area contributed by atoms with Gasteiger partial charge in [-0.05, 0) is 37.4 Å². The van der Waals surface area contributed by atoms with Crippen LogP contribution >= 0.6 is 11.3 Å². The highest BCUT2D eigenvalue weighted by atomic mass is 32.1. The van der Waals surface area contributed by atoms with E-state index in [1.54, 1.807) is 0 Å². The van der Waals surface area contributed by atoms with Gasteiger partial charge in [-0.3, -0.25) is 0 Å². The van der Waals surface area contributed by atoms with Gasteiger partial charge in [0.2, 0.25) is 0 Å². The van der Waals surface area contributed by atoms with Crippen LogP contribution in [0, 0.1) is 5.92 Å². The zero-order valence-corrected chi connectivity index (χ0v) is 12.6. The lowest BCUT2D eigenvalue weighted by atomic mass is 10.0. The van der Waals surface area contributed by atoms with Gasteiger partial charge >= 0.3 is 0 Å². The second-order valence-electron chi connectivity index (χ2n) is 5.09. The van der Waals surface area contributed by atoms with E-state index in [4.69, 9.17) is 0 Å². The van der Waals surface area contributed by atoms with Gasteiger partial charge in [0, 0.05) is 15.8 Å². The molecule has 0 aliphatic rings. The van der Waals surface area contributed by atoms with Gasteiger partial charge < -0.3 is 5.32 Å². The van der Waals surface area contributed by atoms with E-state index in [2.05, 4.69) is 45.1 Å². The molecule has 0 saturated heterocycles. The molecule has 2 heteroatoms. The lowest BCUT2D eigenvalue weighted by Gasteiger charge is -2.17. The van der Waals surface area contributed by atoms with E-state index in [1.165, 1.54) is 29.0 Å². The summed E-state index contributed by atoms with van der Waals surface area (Å²) in [6, 6.07) is 5.17. The highest BCUT2D eigenvalue weighted by Crippen LogP contribution is 2.27. The predicted molar refractivity (Wildman–Crippen MR) is 78.8 cm³/mol. The van der Waals surface area contributed by atoms with Gasteiger partial charge in [0.05, 0.1) is 0 Å². The van der Waals surface area contributed by atoms with Crippen molar-refractivity contribution >= 4 is 11.3 Å². The molecule has 0 amide bonds. The second kappa shape index (κ2) is 7.88. The van der Waals surface area contributed by atoms with Gasteiger partial charge in [-0.2, -0.15) is 0 Å². The first-order chi connectivity index (χ1) is 8.17. The predicted octanol–water partition coefficient (Wildman–Crippen LogP) is 4.79. The molecule has 1 heterocycles. The number of thiophene rings is 1. The average Bonchev–Trinajstić information content (AvgIpc) is 2.76. The first kappa shape index (κ1) is 14.7. The highest BCUT2D eigenvalue weighted by Gasteiger charge is 2.12. The Morgan fingerprint density at radius 1 is 1.18 bits per heavy atom. The molecule has 0 aliphatic heterocycles. The summed E-state index contributed by atoms with van der Waals surface area (Å²) in [5.74, 6) is 0.826. The van der Waals surface area contributed by atoms with Crippen molar-refractivity contribution in [3.8, 4) is 0 Å². The van der Waals surface area contributed by atoms with Crippen molar-refractivity contribution in [3.63, 3.8) is 0 Å². The minimum Gasteiger partial charge on any atom is -0.310 e. The molecular weight excluding hydrogens is 226 g/mol. The minimum absolute atomic E-state index is 0.573. The van der Waals surface area contributed by atoms with Crippen LogP contribution in [0.3, 0.4) is 0 Å². The topological polar surface area (TPSA) is 12.0 Å². The smallest absolute Gasteiger partial charge is 0.0414 e. The third-order valence-electron chi connectivity index (χ3n) is 3.10. The fourth-order valence-corrected chi connectivity index (χ4v) is 3.16. The molecular formula is C15H27NS. The zero-order valence-electron chi connectivity index (χ0n) is 11.8. The maximum Gasteiger partial charge on any atom is 0.0414 e. The molecule has 0 aromatic carbocycles. The van der Waals surface area contributed by atoms with Gasteiger partial charge in [-0.15, -0.1) is 11.3 Å². The molecule has 1 nitrogen and oxygen atoms in total. The Labute approximate surface area is 111 Å². The number of nitrogens with one attached hydrogen (secondary N) is 1. The number of hydrogen-bond donors (Lipinski definition) is 1. The van der Waals surface area contributed by atoms with Crippen LogP contribution in [-0.4, -0.2) is 6.54 Å². The Kier molecular flexibility index (Phi) is 6.83. The van der Waals surface area contributed by atoms with E-state index in [0.717, 1.165) is 18.9 Å². The summed E-state index contributed by atoms with van der Waals surface area (Å²) >= 11 is 1.98. The Hall–Kier alpha value is -0.340. The van der Waals surface area contributed by atoms with Crippen LogP contribution in [0.2, 0.25) is 0 Å². The molecule has 98 valence electrons. The summed E-state index contributed by atoms with van der Waals surface area (Å²) in [4.78, 5) is 3.03. The van der Waals surface area contributed by atoms with Crippen molar-refractivity contribution in [3.05, 3.63) is 21.9 Å². The molecule has 1 aromatic rings. The maximum atomic E-state index is 3.62. The standard InChI is InChI=1S/C15H27NS/c1-5-13-10-11-15(17-13)14(16-6-2)9-7-8-12(3)4/h10-12,14,16H,5-9H2,1-4H3. The molecule has 0 saturated carbocycles. The molecule has 1 rings (SSSR count). The molecule has 0 fully saturated rings. The zero-order chi connectivity index (χ0) is 12.7. The maximum absolute atomic E-state index is 3.62. The largest absolute Gasteiger partial charge is 0.310 e. The lowest BCUT2D eigenvalue weighted by Crippen LogP contribution is -2.20. The van der Waals surface area contributed by atoms with E-state index in [-0.39, 0.29) is 0 Å². The summed E-state index contributed by atoms with van der Waals surface area (Å²) in [5.41, 5.74) is 0. The molecule has 1 unspecified atom stereocenters. The van der Waals surface area contributed by atoms with Gasteiger partial charge in [0.15, 0.2) is 0 Å². The summed E-state index contributed by atoms with van der Waals surface area (Å²) in [5, 5.41) is 3.62. The molecule has 0 spiro atoms. The average molecular weight is 253 g/mol. The minimum atomic E-state index is 0.573. The van der Waals surface area contributed by atoms with E-state index >= 15 is 0 Å². The summed E-state index contributed by atoms with van der Waals surface area (Å²) < 4.78 is 0. The Morgan fingerprint density at radius 3 is 2.47 bits per heavy atom.